The van der Waals surface area contributed by atoms with E-state index in [1.165, 1.54) is 12.8 Å². The fraction of sp³-hybridized carbons (Fsp3) is 0.538. The number of rotatable bonds is 2. The first-order valence-corrected chi connectivity index (χ1v) is 7.43. The first-order chi connectivity index (χ1) is 9.19. The first-order valence-electron chi connectivity index (χ1n) is 6.64. The van der Waals surface area contributed by atoms with Crippen molar-refractivity contribution in [2.24, 2.45) is 0 Å². The third-order valence-corrected chi connectivity index (χ3v) is 4.27. The minimum Gasteiger partial charge on any atom is -0.335 e. The summed E-state index contributed by atoms with van der Waals surface area (Å²) in [5.74, 6) is 0.559. The Bertz CT molecular complexity index is 469. The third kappa shape index (κ3) is 3.25. The molecule has 0 spiro atoms. The summed E-state index contributed by atoms with van der Waals surface area (Å²) in [6.45, 7) is 0. The summed E-state index contributed by atoms with van der Waals surface area (Å²) in [5, 5.41) is 9.37. The Labute approximate surface area is 120 Å². The Morgan fingerprint density at radius 2 is 2.11 bits per heavy atom. The second-order valence-corrected chi connectivity index (χ2v) is 6.18. The second kappa shape index (κ2) is 5.46. The van der Waals surface area contributed by atoms with E-state index in [-0.39, 0.29) is 12.1 Å². The molecule has 0 radical (unpaired) electrons. The lowest BCUT2D eigenvalue weighted by Gasteiger charge is -2.29. The molecule has 3 rings (SSSR count). The number of nitrogens with one attached hydrogen (secondary N) is 3. The number of hydrogen-bond acceptors (Lipinski definition) is 3. The number of piperidine rings is 1. The summed E-state index contributed by atoms with van der Waals surface area (Å²) in [5.41, 5.74) is 0. The van der Waals surface area contributed by atoms with Crippen LogP contribution in [0, 0.1) is 0 Å². The van der Waals surface area contributed by atoms with Gasteiger partial charge in [0, 0.05) is 28.8 Å². The van der Waals surface area contributed by atoms with Gasteiger partial charge >= 0.3 is 6.03 Å². The zero-order chi connectivity index (χ0) is 13.2. The highest BCUT2D eigenvalue weighted by Crippen LogP contribution is 2.26. The SMILES string of the molecule is O=C(Nc1cc(Br)ccn1)NC1CC2CCC(C1)N2. The Morgan fingerprint density at radius 3 is 2.79 bits per heavy atom. The van der Waals surface area contributed by atoms with Crippen LogP contribution in [-0.2, 0) is 0 Å². The summed E-state index contributed by atoms with van der Waals surface area (Å²) in [4.78, 5) is 16.0. The number of carbonyl (C=O) groups excluding carboxylic acids is 1. The van der Waals surface area contributed by atoms with E-state index in [2.05, 4.69) is 36.9 Å². The fourth-order valence-corrected chi connectivity index (χ4v) is 3.32. The van der Waals surface area contributed by atoms with Crippen molar-refractivity contribution in [2.45, 2.75) is 43.8 Å². The number of anilines is 1. The van der Waals surface area contributed by atoms with Gasteiger partial charge < -0.3 is 10.6 Å². The summed E-state index contributed by atoms with van der Waals surface area (Å²) in [6, 6.07) is 4.86. The van der Waals surface area contributed by atoms with Crippen molar-refractivity contribution >= 4 is 27.8 Å². The van der Waals surface area contributed by atoms with Crippen LogP contribution in [0.4, 0.5) is 10.6 Å². The molecule has 102 valence electrons. The van der Waals surface area contributed by atoms with E-state index in [9.17, 15) is 4.79 Å². The van der Waals surface area contributed by atoms with Crippen LogP contribution in [0.25, 0.3) is 0 Å². The van der Waals surface area contributed by atoms with E-state index >= 15 is 0 Å². The fourth-order valence-electron chi connectivity index (χ4n) is 2.99. The van der Waals surface area contributed by atoms with Gasteiger partial charge in [-0.05, 0) is 37.8 Å². The number of amides is 2. The van der Waals surface area contributed by atoms with Gasteiger partial charge in [-0.1, -0.05) is 15.9 Å². The zero-order valence-electron chi connectivity index (χ0n) is 10.5. The summed E-state index contributed by atoms with van der Waals surface area (Å²) < 4.78 is 0.901. The zero-order valence-corrected chi connectivity index (χ0v) is 12.1. The maximum absolute atomic E-state index is 11.9. The minimum atomic E-state index is -0.170. The molecule has 5 nitrogen and oxygen atoms in total. The van der Waals surface area contributed by atoms with Crippen LogP contribution in [0.2, 0.25) is 0 Å². The molecule has 2 bridgehead atoms. The number of fused-ring (bicyclic) bond motifs is 2. The maximum atomic E-state index is 11.9. The van der Waals surface area contributed by atoms with Crippen molar-refractivity contribution in [3.8, 4) is 0 Å². The van der Waals surface area contributed by atoms with E-state index in [4.69, 9.17) is 0 Å². The lowest BCUT2D eigenvalue weighted by Crippen LogP contribution is -2.49. The van der Waals surface area contributed by atoms with Crippen LogP contribution >= 0.6 is 15.9 Å². The molecule has 2 unspecified atom stereocenters. The third-order valence-electron chi connectivity index (χ3n) is 3.77. The largest absolute Gasteiger partial charge is 0.335 e. The van der Waals surface area contributed by atoms with Crippen LogP contribution in [0.15, 0.2) is 22.8 Å². The maximum Gasteiger partial charge on any atom is 0.320 e. The van der Waals surface area contributed by atoms with Crippen molar-refractivity contribution in [1.82, 2.24) is 15.6 Å². The second-order valence-electron chi connectivity index (χ2n) is 5.26. The molecule has 2 saturated heterocycles. The normalized spacial score (nSPS) is 29.0. The highest BCUT2D eigenvalue weighted by Gasteiger charge is 2.33. The number of hydrogen-bond donors (Lipinski definition) is 3. The Morgan fingerprint density at radius 1 is 1.37 bits per heavy atom. The van der Waals surface area contributed by atoms with Crippen molar-refractivity contribution in [3.63, 3.8) is 0 Å². The van der Waals surface area contributed by atoms with Crippen molar-refractivity contribution in [3.05, 3.63) is 22.8 Å². The van der Waals surface area contributed by atoms with Gasteiger partial charge in [0.1, 0.15) is 5.82 Å². The molecule has 2 fully saturated rings. The average Bonchev–Trinajstić information content (AvgIpc) is 2.68. The molecule has 1 aromatic rings. The molecule has 3 N–H and O–H groups in total. The van der Waals surface area contributed by atoms with E-state index in [1.54, 1.807) is 12.3 Å². The molecule has 2 atom stereocenters. The highest BCUT2D eigenvalue weighted by molar-refractivity contribution is 9.10. The molecular weight excluding hydrogens is 308 g/mol. The van der Waals surface area contributed by atoms with Crippen LogP contribution in [-0.4, -0.2) is 29.1 Å². The average molecular weight is 325 g/mol. The lowest BCUT2D eigenvalue weighted by molar-refractivity contribution is 0.240. The van der Waals surface area contributed by atoms with Crippen LogP contribution in [0.5, 0.6) is 0 Å². The Kier molecular flexibility index (Phi) is 3.70. The number of halogens is 1. The van der Waals surface area contributed by atoms with E-state index < -0.39 is 0 Å². The predicted octanol–water partition coefficient (Wildman–Crippen LogP) is 2.25. The van der Waals surface area contributed by atoms with Gasteiger partial charge in [-0.15, -0.1) is 0 Å². The minimum absolute atomic E-state index is 0.170. The summed E-state index contributed by atoms with van der Waals surface area (Å²) in [7, 11) is 0. The molecule has 0 saturated carbocycles. The van der Waals surface area contributed by atoms with Gasteiger partial charge in [-0.25, -0.2) is 9.78 Å². The lowest BCUT2D eigenvalue weighted by atomic mass is 10.0. The molecule has 6 heteroatoms. The van der Waals surface area contributed by atoms with E-state index in [1.807, 2.05) is 6.07 Å². The number of aromatic nitrogens is 1. The molecule has 19 heavy (non-hydrogen) atoms. The molecule has 3 heterocycles. The van der Waals surface area contributed by atoms with Gasteiger partial charge in [0.2, 0.25) is 0 Å². The summed E-state index contributed by atoms with van der Waals surface area (Å²) in [6.07, 6.45) is 6.17. The smallest absolute Gasteiger partial charge is 0.320 e. The monoisotopic (exact) mass is 324 g/mol. The van der Waals surface area contributed by atoms with Gasteiger partial charge in [0.15, 0.2) is 0 Å². The number of carbonyl (C=O) groups is 1. The van der Waals surface area contributed by atoms with Crippen LogP contribution in [0.1, 0.15) is 25.7 Å². The predicted molar refractivity (Wildman–Crippen MR) is 77.1 cm³/mol. The quantitative estimate of drug-likeness (QED) is 0.781. The van der Waals surface area contributed by atoms with E-state index in [0.29, 0.717) is 17.9 Å². The molecule has 2 amide bonds. The van der Waals surface area contributed by atoms with Gasteiger partial charge in [0.05, 0.1) is 0 Å². The molecular formula is C13H17BrN4O. The standard InChI is InChI=1S/C13H17BrN4O/c14-8-3-4-15-12(5-8)18-13(19)17-11-6-9-1-2-10(7-11)16-9/h3-5,9-11,16H,1-2,6-7H2,(H2,15,17,18,19). The molecule has 2 aliphatic heterocycles. The summed E-state index contributed by atoms with van der Waals surface area (Å²) >= 11 is 3.35. The highest BCUT2D eigenvalue weighted by atomic mass is 79.9. The number of urea groups is 1. The van der Waals surface area contributed by atoms with Gasteiger partial charge in [0.25, 0.3) is 0 Å². The molecule has 1 aromatic heterocycles. The number of nitrogens with zero attached hydrogens (tertiary/aromatic N) is 1. The van der Waals surface area contributed by atoms with Crippen molar-refractivity contribution in [2.75, 3.05) is 5.32 Å². The van der Waals surface area contributed by atoms with Gasteiger partial charge in [-0.3, -0.25) is 5.32 Å². The van der Waals surface area contributed by atoms with Crippen LogP contribution in [0.3, 0.4) is 0 Å². The van der Waals surface area contributed by atoms with Crippen molar-refractivity contribution < 1.29 is 4.79 Å². The van der Waals surface area contributed by atoms with Gasteiger partial charge in [-0.2, -0.15) is 0 Å². The Balaban J connectivity index is 1.54. The topological polar surface area (TPSA) is 66.0 Å². The Hall–Kier alpha value is -1.14. The van der Waals surface area contributed by atoms with E-state index in [0.717, 1.165) is 17.3 Å². The molecule has 0 aromatic carbocycles. The first kappa shape index (κ1) is 12.9. The van der Waals surface area contributed by atoms with Crippen LogP contribution < -0.4 is 16.0 Å². The molecule has 2 aliphatic rings. The number of pyridine rings is 1. The van der Waals surface area contributed by atoms with Crippen molar-refractivity contribution in [1.29, 1.82) is 0 Å². The molecule has 0 aliphatic carbocycles.